The minimum absolute atomic E-state index is 0.0715. The second-order valence-electron chi connectivity index (χ2n) is 8.47. The fraction of sp³-hybridized carbons (Fsp3) is 0.364. The van der Waals surface area contributed by atoms with Gasteiger partial charge in [0.15, 0.2) is 5.75 Å². The molecule has 29 heavy (non-hydrogen) atoms. The van der Waals surface area contributed by atoms with E-state index in [1.54, 1.807) is 12.1 Å². The van der Waals surface area contributed by atoms with E-state index < -0.39 is 17.7 Å². The lowest BCUT2D eigenvalue weighted by Crippen LogP contribution is -2.32. The van der Waals surface area contributed by atoms with Gasteiger partial charge in [-0.15, -0.1) is 0 Å². The van der Waals surface area contributed by atoms with Crippen molar-refractivity contribution in [3.05, 3.63) is 53.6 Å². The Morgan fingerprint density at radius 1 is 1.14 bits per heavy atom. The van der Waals surface area contributed by atoms with Gasteiger partial charge < -0.3 is 25.6 Å². The van der Waals surface area contributed by atoms with Crippen LogP contribution in [0.3, 0.4) is 0 Å². The number of nitrogens with one attached hydrogen (secondary N) is 2. The highest BCUT2D eigenvalue weighted by atomic mass is 16.7. The maximum atomic E-state index is 11.5. The standard InChI is InChI=1S/C22H24N2O5/c1-21(2)12-16(23-18-15(21)7-4-8-17(18)29-20(27)28)13-5-3-6-14(11-13)24-22(9-10-22)19(25)26/h3-8,11,16,23-24H,9-10,12H2,1-2H3,(H,25,26)(H,27,28). The van der Waals surface area contributed by atoms with Crippen LogP contribution in [0, 0.1) is 0 Å². The Kier molecular flexibility index (Phi) is 4.41. The number of carboxylic acids is 1. The molecule has 2 aliphatic rings. The van der Waals surface area contributed by atoms with Crippen LogP contribution >= 0.6 is 0 Å². The number of benzene rings is 2. The molecule has 2 aromatic carbocycles. The van der Waals surface area contributed by atoms with Gasteiger partial charge >= 0.3 is 12.1 Å². The molecule has 4 N–H and O–H groups in total. The van der Waals surface area contributed by atoms with Gasteiger partial charge in [0.2, 0.25) is 0 Å². The van der Waals surface area contributed by atoms with Gasteiger partial charge in [-0.2, -0.15) is 0 Å². The molecule has 0 aromatic heterocycles. The first-order valence-corrected chi connectivity index (χ1v) is 9.63. The molecular formula is C22H24N2O5. The summed E-state index contributed by atoms with van der Waals surface area (Å²) in [6.45, 7) is 4.24. The smallest absolute Gasteiger partial charge is 0.480 e. The molecule has 1 aliphatic heterocycles. The van der Waals surface area contributed by atoms with Crippen LogP contribution in [0.1, 0.15) is 50.3 Å². The molecule has 152 valence electrons. The van der Waals surface area contributed by atoms with E-state index in [1.165, 1.54) is 0 Å². The van der Waals surface area contributed by atoms with E-state index in [4.69, 9.17) is 9.84 Å². The molecule has 1 heterocycles. The Bertz CT molecular complexity index is 981. The molecule has 1 saturated carbocycles. The summed E-state index contributed by atoms with van der Waals surface area (Å²) in [6.07, 6.45) is 0.675. The first kappa shape index (κ1) is 19.1. The summed E-state index contributed by atoms with van der Waals surface area (Å²) in [7, 11) is 0. The predicted molar refractivity (Wildman–Crippen MR) is 109 cm³/mol. The summed E-state index contributed by atoms with van der Waals surface area (Å²) >= 11 is 0. The molecule has 0 spiro atoms. The van der Waals surface area contributed by atoms with Gasteiger partial charge in [-0.05, 0) is 54.0 Å². The zero-order chi connectivity index (χ0) is 20.8. The molecule has 0 bridgehead atoms. The van der Waals surface area contributed by atoms with E-state index in [2.05, 4.69) is 24.5 Å². The Morgan fingerprint density at radius 3 is 2.52 bits per heavy atom. The van der Waals surface area contributed by atoms with Crippen molar-refractivity contribution in [3.8, 4) is 5.75 Å². The van der Waals surface area contributed by atoms with Crippen molar-refractivity contribution in [2.75, 3.05) is 10.6 Å². The van der Waals surface area contributed by atoms with Gasteiger partial charge in [0.25, 0.3) is 0 Å². The molecule has 1 aliphatic carbocycles. The van der Waals surface area contributed by atoms with E-state index in [9.17, 15) is 14.7 Å². The highest BCUT2D eigenvalue weighted by Gasteiger charge is 2.50. The quantitative estimate of drug-likeness (QED) is 0.432. The highest BCUT2D eigenvalue weighted by Crippen LogP contribution is 2.48. The Morgan fingerprint density at radius 2 is 1.86 bits per heavy atom. The van der Waals surface area contributed by atoms with Crippen LogP contribution in [0.25, 0.3) is 0 Å². The lowest BCUT2D eigenvalue weighted by atomic mass is 9.74. The molecule has 1 atom stereocenters. The lowest BCUT2D eigenvalue weighted by molar-refractivity contribution is -0.138. The van der Waals surface area contributed by atoms with Gasteiger partial charge in [0, 0.05) is 5.69 Å². The molecule has 4 rings (SSSR count). The normalized spacial score (nSPS) is 20.7. The summed E-state index contributed by atoms with van der Waals surface area (Å²) in [5, 5.41) is 25.1. The fourth-order valence-corrected chi connectivity index (χ4v) is 4.10. The number of rotatable bonds is 5. The second-order valence-corrected chi connectivity index (χ2v) is 8.47. The van der Waals surface area contributed by atoms with Crippen LogP contribution < -0.4 is 15.4 Å². The number of carbonyl (C=O) groups is 2. The van der Waals surface area contributed by atoms with Crippen LogP contribution in [0.15, 0.2) is 42.5 Å². The average Bonchev–Trinajstić information content (AvgIpc) is 3.42. The van der Waals surface area contributed by atoms with E-state index in [0.29, 0.717) is 18.5 Å². The van der Waals surface area contributed by atoms with E-state index in [-0.39, 0.29) is 17.2 Å². The summed E-state index contributed by atoms with van der Waals surface area (Å²) < 4.78 is 4.99. The number of para-hydroxylation sites is 1. The van der Waals surface area contributed by atoms with E-state index in [0.717, 1.165) is 23.2 Å². The zero-order valence-electron chi connectivity index (χ0n) is 16.4. The van der Waals surface area contributed by atoms with E-state index in [1.807, 2.05) is 30.3 Å². The van der Waals surface area contributed by atoms with Crippen LogP contribution in [-0.2, 0) is 10.2 Å². The molecule has 7 nitrogen and oxygen atoms in total. The maximum absolute atomic E-state index is 11.5. The summed E-state index contributed by atoms with van der Waals surface area (Å²) in [6, 6.07) is 13.1. The molecule has 1 unspecified atom stereocenters. The molecule has 2 aromatic rings. The van der Waals surface area contributed by atoms with Gasteiger partial charge in [0.1, 0.15) is 5.54 Å². The van der Waals surface area contributed by atoms with Crippen molar-refractivity contribution >= 4 is 23.5 Å². The average molecular weight is 396 g/mol. The Labute approximate surface area is 168 Å². The third kappa shape index (κ3) is 3.60. The SMILES string of the molecule is CC1(C)CC(c2cccc(NC3(C(=O)O)CC3)c2)Nc2c(OC(=O)O)cccc21. The third-order valence-corrected chi connectivity index (χ3v) is 5.82. The number of fused-ring (bicyclic) bond motifs is 1. The zero-order valence-corrected chi connectivity index (χ0v) is 16.4. The van der Waals surface area contributed by atoms with Crippen LogP contribution in [0.2, 0.25) is 0 Å². The summed E-state index contributed by atoms with van der Waals surface area (Å²) in [5.41, 5.74) is 2.39. The van der Waals surface area contributed by atoms with Gasteiger partial charge in [-0.1, -0.05) is 38.1 Å². The van der Waals surface area contributed by atoms with Crippen LogP contribution in [-0.4, -0.2) is 27.9 Å². The first-order valence-electron chi connectivity index (χ1n) is 9.63. The lowest BCUT2D eigenvalue weighted by Gasteiger charge is -2.39. The van der Waals surface area contributed by atoms with Gasteiger partial charge in [-0.3, -0.25) is 0 Å². The highest BCUT2D eigenvalue weighted by molar-refractivity contribution is 5.86. The molecule has 1 fully saturated rings. The third-order valence-electron chi connectivity index (χ3n) is 5.82. The predicted octanol–water partition coefficient (Wildman–Crippen LogP) is 4.61. The van der Waals surface area contributed by atoms with Crippen molar-refractivity contribution < 1.29 is 24.5 Å². The van der Waals surface area contributed by atoms with Gasteiger partial charge in [-0.25, -0.2) is 9.59 Å². The van der Waals surface area contributed by atoms with E-state index >= 15 is 0 Å². The minimum Gasteiger partial charge on any atom is -0.480 e. The minimum atomic E-state index is -1.35. The second kappa shape index (κ2) is 6.69. The van der Waals surface area contributed by atoms with Crippen LogP contribution in [0.4, 0.5) is 16.2 Å². The van der Waals surface area contributed by atoms with Crippen molar-refractivity contribution in [2.24, 2.45) is 0 Å². The largest absolute Gasteiger partial charge is 0.511 e. The van der Waals surface area contributed by atoms with Gasteiger partial charge in [0.05, 0.1) is 11.7 Å². The van der Waals surface area contributed by atoms with Crippen molar-refractivity contribution in [1.82, 2.24) is 0 Å². The summed E-state index contributed by atoms with van der Waals surface area (Å²) in [4.78, 5) is 22.6. The molecular weight excluding hydrogens is 372 g/mol. The molecule has 0 saturated heterocycles. The molecule has 0 amide bonds. The van der Waals surface area contributed by atoms with Crippen molar-refractivity contribution in [2.45, 2.75) is 50.1 Å². The Hall–Kier alpha value is -3.22. The monoisotopic (exact) mass is 396 g/mol. The summed E-state index contributed by atoms with van der Waals surface area (Å²) in [5.74, 6) is -0.547. The van der Waals surface area contributed by atoms with Crippen molar-refractivity contribution in [1.29, 1.82) is 0 Å². The topological polar surface area (TPSA) is 108 Å². The Balaban J connectivity index is 1.65. The number of aliphatic carboxylic acids is 1. The number of carboxylic acid groups (broad SMARTS) is 2. The fourth-order valence-electron chi connectivity index (χ4n) is 4.10. The van der Waals surface area contributed by atoms with Crippen molar-refractivity contribution in [3.63, 3.8) is 0 Å². The maximum Gasteiger partial charge on any atom is 0.511 e. The molecule has 0 radical (unpaired) electrons. The van der Waals surface area contributed by atoms with Crippen LogP contribution in [0.5, 0.6) is 5.75 Å². The number of hydrogen-bond acceptors (Lipinski definition) is 5. The first-order chi connectivity index (χ1) is 13.7. The molecule has 7 heteroatoms. The number of ether oxygens (including phenoxy) is 1. The number of hydrogen-bond donors (Lipinski definition) is 4. The number of anilines is 2.